The van der Waals surface area contributed by atoms with Crippen LogP contribution in [-0.2, 0) is 4.79 Å². The van der Waals surface area contributed by atoms with E-state index in [0.29, 0.717) is 4.47 Å². The zero-order chi connectivity index (χ0) is 18.4. The first-order chi connectivity index (χ1) is 11.9. The molecule has 2 amide bonds. The summed E-state index contributed by atoms with van der Waals surface area (Å²) in [7, 11) is 0. The monoisotopic (exact) mass is 408 g/mol. The molecule has 3 N–H and O–H groups in total. The first kappa shape index (κ1) is 18.6. The van der Waals surface area contributed by atoms with Crippen molar-refractivity contribution >= 4 is 39.4 Å². The van der Waals surface area contributed by atoms with E-state index < -0.39 is 23.6 Å². The van der Waals surface area contributed by atoms with E-state index in [-0.39, 0.29) is 29.8 Å². The molecule has 0 heterocycles. The maximum atomic E-state index is 13.9. The first-order valence-electron chi connectivity index (χ1n) is 7.24. The fourth-order valence-corrected chi connectivity index (χ4v) is 2.46. The van der Waals surface area contributed by atoms with E-state index >= 15 is 0 Å². The molecule has 0 atom stereocenters. The largest absolute Gasteiger partial charge is 0.465 e. The van der Waals surface area contributed by atoms with E-state index in [1.807, 2.05) is 0 Å². The maximum Gasteiger partial charge on any atom is 0.404 e. The number of amides is 2. The fourth-order valence-electron chi connectivity index (χ4n) is 2.10. The molecular formula is C17H14BrFN2O4. The number of benzene rings is 2. The summed E-state index contributed by atoms with van der Waals surface area (Å²) in [4.78, 5) is 34.9. The van der Waals surface area contributed by atoms with Gasteiger partial charge in [0.15, 0.2) is 5.78 Å². The highest BCUT2D eigenvalue weighted by molar-refractivity contribution is 9.10. The van der Waals surface area contributed by atoms with Crippen molar-refractivity contribution in [1.82, 2.24) is 5.32 Å². The molecule has 0 radical (unpaired) electrons. The van der Waals surface area contributed by atoms with Crippen LogP contribution in [0.4, 0.5) is 14.9 Å². The second-order valence-electron chi connectivity index (χ2n) is 5.03. The molecule has 130 valence electrons. The van der Waals surface area contributed by atoms with Crippen LogP contribution in [-0.4, -0.2) is 29.4 Å². The summed E-state index contributed by atoms with van der Waals surface area (Å²) >= 11 is 3.25. The van der Waals surface area contributed by atoms with Gasteiger partial charge >= 0.3 is 6.09 Å². The van der Waals surface area contributed by atoms with Gasteiger partial charge < -0.3 is 15.7 Å². The summed E-state index contributed by atoms with van der Waals surface area (Å²) in [6, 6.07) is 10.2. The second-order valence-corrected chi connectivity index (χ2v) is 5.94. The molecule has 2 aromatic carbocycles. The van der Waals surface area contributed by atoms with Crippen LogP contribution in [0, 0.1) is 5.82 Å². The molecular weight excluding hydrogens is 395 g/mol. The number of nitrogens with one attached hydrogen (secondary N) is 2. The lowest BCUT2D eigenvalue weighted by Gasteiger charge is -2.12. The molecule has 0 aromatic heterocycles. The number of hydrogen-bond donors (Lipinski definition) is 3. The molecule has 2 aromatic rings. The lowest BCUT2D eigenvalue weighted by molar-refractivity contribution is -0.116. The van der Waals surface area contributed by atoms with Crippen molar-refractivity contribution in [2.45, 2.75) is 6.42 Å². The van der Waals surface area contributed by atoms with Crippen molar-refractivity contribution in [1.29, 1.82) is 0 Å². The molecule has 0 aliphatic heterocycles. The topological polar surface area (TPSA) is 95.5 Å². The smallest absolute Gasteiger partial charge is 0.404 e. The molecule has 0 aliphatic rings. The summed E-state index contributed by atoms with van der Waals surface area (Å²) in [5.41, 5.74) is 0.236. The number of rotatable bonds is 6. The van der Waals surface area contributed by atoms with E-state index in [1.54, 1.807) is 12.1 Å². The van der Waals surface area contributed by atoms with Crippen molar-refractivity contribution in [3.63, 3.8) is 0 Å². The minimum Gasteiger partial charge on any atom is -0.465 e. The average Bonchev–Trinajstić information content (AvgIpc) is 2.56. The maximum absolute atomic E-state index is 13.9. The zero-order valence-electron chi connectivity index (χ0n) is 12.9. The van der Waals surface area contributed by atoms with Crippen LogP contribution in [0.25, 0.3) is 0 Å². The van der Waals surface area contributed by atoms with Crippen molar-refractivity contribution in [2.24, 2.45) is 0 Å². The van der Waals surface area contributed by atoms with Crippen LogP contribution < -0.4 is 10.6 Å². The number of ketones is 1. The molecule has 0 fully saturated rings. The summed E-state index contributed by atoms with van der Waals surface area (Å²) in [5.74, 6) is -1.70. The van der Waals surface area contributed by atoms with Gasteiger partial charge in [0, 0.05) is 23.0 Å². The highest BCUT2D eigenvalue weighted by atomic mass is 79.9. The Hall–Kier alpha value is -2.74. The Kier molecular flexibility index (Phi) is 6.24. The van der Waals surface area contributed by atoms with E-state index in [9.17, 15) is 18.8 Å². The number of hydrogen-bond acceptors (Lipinski definition) is 3. The van der Waals surface area contributed by atoms with Gasteiger partial charge in [0.25, 0.3) is 0 Å². The third-order valence-corrected chi connectivity index (χ3v) is 3.74. The number of carboxylic acid groups (broad SMARTS) is 1. The lowest BCUT2D eigenvalue weighted by atomic mass is 10.0. The van der Waals surface area contributed by atoms with Crippen LogP contribution >= 0.6 is 15.9 Å². The molecule has 0 saturated heterocycles. The normalized spacial score (nSPS) is 10.2. The Morgan fingerprint density at radius 1 is 1.08 bits per heavy atom. The molecule has 25 heavy (non-hydrogen) atoms. The quantitative estimate of drug-likeness (QED) is 0.638. The van der Waals surface area contributed by atoms with E-state index in [4.69, 9.17) is 5.11 Å². The van der Waals surface area contributed by atoms with Gasteiger partial charge in [-0.1, -0.05) is 28.1 Å². The first-order valence-corrected chi connectivity index (χ1v) is 8.03. The lowest BCUT2D eigenvalue weighted by Crippen LogP contribution is -2.26. The highest BCUT2D eigenvalue weighted by Gasteiger charge is 2.18. The van der Waals surface area contributed by atoms with Crippen molar-refractivity contribution in [3.8, 4) is 0 Å². The summed E-state index contributed by atoms with van der Waals surface area (Å²) in [6.07, 6.45) is -1.33. The molecule has 0 saturated carbocycles. The Bertz CT molecular complexity index is 826. The van der Waals surface area contributed by atoms with Gasteiger partial charge in [-0.25, -0.2) is 9.18 Å². The summed E-state index contributed by atoms with van der Waals surface area (Å²) in [5, 5.41) is 13.1. The zero-order valence-corrected chi connectivity index (χ0v) is 14.5. The van der Waals surface area contributed by atoms with Gasteiger partial charge in [0.05, 0.1) is 11.3 Å². The average molecular weight is 409 g/mol. The SMILES string of the molecule is O=C(O)NCCC(=O)Nc1ccc(Br)cc1C(=O)c1ccccc1F. The van der Waals surface area contributed by atoms with Gasteiger partial charge in [-0.05, 0) is 30.3 Å². The van der Waals surface area contributed by atoms with Gasteiger partial charge in [-0.15, -0.1) is 0 Å². The van der Waals surface area contributed by atoms with Crippen molar-refractivity contribution in [2.75, 3.05) is 11.9 Å². The van der Waals surface area contributed by atoms with Crippen molar-refractivity contribution < 1.29 is 23.9 Å². The Morgan fingerprint density at radius 3 is 2.48 bits per heavy atom. The molecule has 2 rings (SSSR count). The van der Waals surface area contributed by atoms with Crippen molar-refractivity contribution in [3.05, 3.63) is 63.9 Å². The molecule has 0 bridgehead atoms. The number of carbonyl (C=O) groups is 3. The highest BCUT2D eigenvalue weighted by Crippen LogP contribution is 2.25. The third-order valence-electron chi connectivity index (χ3n) is 3.25. The van der Waals surface area contributed by atoms with Crippen LogP contribution in [0.3, 0.4) is 0 Å². The molecule has 0 aliphatic carbocycles. The minimum absolute atomic E-state index is 0.0612. The molecule has 0 spiro atoms. The number of carbonyl (C=O) groups excluding carboxylic acids is 2. The van der Waals surface area contributed by atoms with Crippen LogP contribution in [0.1, 0.15) is 22.3 Å². The number of halogens is 2. The third kappa shape index (κ3) is 5.12. The fraction of sp³-hybridized carbons (Fsp3) is 0.118. The molecule has 0 unspecified atom stereocenters. The summed E-state index contributed by atoms with van der Waals surface area (Å²) in [6.45, 7) is -0.0612. The van der Waals surface area contributed by atoms with Gasteiger partial charge in [0.2, 0.25) is 5.91 Å². The second kappa shape index (κ2) is 8.39. The van der Waals surface area contributed by atoms with E-state index in [1.165, 1.54) is 30.3 Å². The standard InChI is InChI=1S/C17H14BrFN2O4/c18-10-5-6-14(21-15(22)7-8-20-17(24)25)12(9-10)16(23)11-3-1-2-4-13(11)19/h1-6,9,20H,7-8H2,(H,21,22)(H,24,25). The van der Waals surface area contributed by atoms with Gasteiger partial charge in [-0.3, -0.25) is 9.59 Å². The van der Waals surface area contributed by atoms with Gasteiger partial charge in [-0.2, -0.15) is 0 Å². The predicted molar refractivity (Wildman–Crippen MR) is 93.2 cm³/mol. The van der Waals surface area contributed by atoms with Gasteiger partial charge in [0.1, 0.15) is 5.82 Å². The Morgan fingerprint density at radius 2 is 1.80 bits per heavy atom. The summed E-state index contributed by atoms with van der Waals surface area (Å²) < 4.78 is 14.5. The Balaban J connectivity index is 2.23. The van der Waals surface area contributed by atoms with Crippen LogP contribution in [0.5, 0.6) is 0 Å². The van der Waals surface area contributed by atoms with Crippen LogP contribution in [0.2, 0.25) is 0 Å². The minimum atomic E-state index is -1.23. The predicted octanol–water partition coefficient (Wildman–Crippen LogP) is 3.42. The molecule has 6 nitrogen and oxygen atoms in total. The van der Waals surface area contributed by atoms with E-state index in [2.05, 4.69) is 26.6 Å². The van der Waals surface area contributed by atoms with E-state index in [0.717, 1.165) is 0 Å². The Labute approximate surface area is 151 Å². The van der Waals surface area contributed by atoms with Crippen LogP contribution in [0.15, 0.2) is 46.9 Å². The molecule has 8 heteroatoms. The number of anilines is 1.